The molecule has 0 spiro atoms. The van der Waals surface area contributed by atoms with E-state index in [1.165, 1.54) is 6.07 Å². The minimum Gasteiger partial charge on any atom is -0.371 e. The third-order valence-corrected chi connectivity index (χ3v) is 7.70. The molecule has 1 N–H and O–H groups in total. The normalized spacial score (nSPS) is 18.8. The van der Waals surface area contributed by atoms with Crippen LogP contribution in [-0.4, -0.2) is 24.0 Å². The van der Waals surface area contributed by atoms with Crippen LogP contribution >= 0.6 is 23.2 Å². The molecule has 2 aromatic carbocycles. The van der Waals surface area contributed by atoms with Crippen molar-refractivity contribution in [2.75, 3.05) is 18.0 Å². The maximum Gasteiger partial charge on any atom is 0.221 e. The average molecular weight is 486 g/mol. The van der Waals surface area contributed by atoms with Gasteiger partial charge in [-0.3, -0.25) is 9.78 Å². The number of halogens is 3. The zero-order valence-electron chi connectivity index (χ0n) is 18.5. The van der Waals surface area contributed by atoms with Crippen molar-refractivity contribution in [2.45, 2.75) is 44.6 Å². The van der Waals surface area contributed by atoms with Crippen molar-refractivity contribution in [2.24, 2.45) is 5.41 Å². The molecule has 2 aliphatic rings. The molecule has 0 unspecified atom stereocenters. The van der Waals surface area contributed by atoms with Gasteiger partial charge in [0.15, 0.2) is 0 Å². The van der Waals surface area contributed by atoms with Crippen LogP contribution in [0.15, 0.2) is 48.7 Å². The van der Waals surface area contributed by atoms with Crippen LogP contribution in [-0.2, 0) is 10.3 Å². The highest BCUT2D eigenvalue weighted by molar-refractivity contribution is 6.35. The SMILES string of the molecule is CC1(CC(=O)NC2(c3ccc(Cl)cc3Cl)CC2)CCN(c2ccnc3ccc(F)cc23)CC1. The Hall–Kier alpha value is -2.37. The van der Waals surface area contributed by atoms with E-state index in [0.717, 1.165) is 60.9 Å². The van der Waals surface area contributed by atoms with Crippen LogP contribution in [0, 0.1) is 11.2 Å². The van der Waals surface area contributed by atoms with Crippen molar-refractivity contribution in [1.29, 1.82) is 0 Å². The van der Waals surface area contributed by atoms with E-state index in [9.17, 15) is 9.18 Å². The van der Waals surface area contributed by atoms with Crippen LogP contribution in [0.4, 0.5) is 10.1 Å². The van der Waals surface area contributed by atoms with Gasteiger partial charge in [0.1, 0.15) is 5.82 Å². The zero-order valence-corrected chi connectivity index (χ0v) is 20.0. The summed E-state index contributed by atoms with van der Waals surface area (Å²) in [4.78, 5) is 19.7. The lowest BCUT2D eigenvalue weighted by atomic mass is 9.77. The monoisotopic (exact) mass is 485 g/mol. The quantitative estimate of drug-likeness (QED) is 0.449. The third kappa shape index (κ3) is 4.53. The van der Waals surface area contributed by atoms with Crippen LogP contribution in [0.5, 0.6) is 0 Å². The number of nitrogens with zero attached hydrogens (tertiary/aromatic N) is 2. The first kappa shape index (κ1) is 22.4. The Kier molecular flexibility index (Phi) is 5.74. The second-order valence-electron chi connectivity index (χ2n) is 9.72. The number of carbonyl (C=O) groups excluding carboxylic acids is 1. The lowest BCUT2D eigenvalue weighted by Crippen LogP contribution is -2.43. The number of fused-ring (bicyclic) bond motifs is 1. The van der Waals surface area contributed by atoms with Crippen LogP contribution in [0.2, 0.25) is 10.0 Å². The van der Waals surface area contributed by atoms with Crippen molar-refractivity contribution in [1.82, 2.24) is 10.3 Å². The molecule has 4 nitrogen and oxygen atoms in total. The fourth-order valence-corrected chi connectivity index (χ4v) is 5.60. The van der Waals surface area contributed by atoms with Gasteiger partial charge in [-0.25, -0.2) is 4.39 Å². The van der Waals surface area contributed by atoms with Crippen molar-refractivity contribution < 1.29 is 9.18 Å². The van der Waals surface area contributed by atoms with E-state index in [0.29, 0.717) is 16.5 Å². The summed E-state index contributed by atoms with van der Waals surface area (Å²) in [6, 6.07) is 12.1. The second-order valence-corrected chi connectivity index (χ2v) is 10.6. The average Bonchev–Trinajstić information content (AvgIpc) is 3.53. The van der Waals surface area contributed by atoms with Gasteiger partial charge in [0.2, 0.25) is 5.91 Å². The van der Waals surface area contributed by atoms with Gasteiger partial charge < -0.3 is 10.2 Å². The summed E-state index contributed by atoms with van der Waals surface area (Å²) >= 11 is 12.5. The number of hydrogen-bond donors (Lipinski definition) is 1. The predicted octanol–water partition coefficient (Wildman–Crippen LogP) is 6.48. The number of anilines is 1. The van der Waals surface area contributed by atoms with E-state index in [2.05, 4.69) is 22.1 Å². The van der Waals surface area contributed by atoms with E-state index < -0.39 is 0 Å². The summed E-state index contributed by atoms with van der Waals surface area (Å²) in [6.45, 7) is 3.81. The topological polar surface area (TPSA) is 45.2 Å². The molecule has 0 radical (unpaired) electrons. The number of hydrogen-bond acceptors (Lipinski definition) is 3. The Morgan fingerprint density at radius 3 is 2.55 bits per heavy atom. The first-order valence-electron chi connectivity index (χ1n) is 11.3. The summed E-state index contributed by atoms with van der Waals surface area (Å²) < 4.78 is 13.9. The molecule has 2 heterocycles. The zero-order chi connectivity index (χ0) is 23.2. The van der Waals surface area contributed by atoms with Crippen LogP contribution in [0.25, 0.3) is 10.9 Å². The minimum atomic E-state index is -0.365. The van der Waals surface area contributed by atoms with E-state index in [1.54, 1.807) is 24.4 Å². The lowest BCUT2D eigenvalue weighted by Gasteiger charge is -2.40. The van der Waals surface area contributed by atoms with Gasteiger partial charge >= 0.3 is 0 Å². The third-order valence-electron chi connectivity index (χ3n) is 7.15. The Balaban J connectivity index is 1.24. The number of piperidine rings is 1. The van der Waals surface area contributed by atoms with E-state index in [-0.39, 0.29) is 22.7 Å². The molecule has 5 rings (SSSR count). The van der Waals surface area contributed by atoms with Gasteiger partial charge in [0.05, 0.1) is 11.1 Å². The molecule has 1 aliphatic heterocycles. The Morgan fingerprint density at radius 1 is 1.09 bits per heavy atom. The highest BCUT2D eigenvalue weighted by atomic mass is 35.5. The summed E-state index contributed by atoms with van der Waals surface area (Å²) in [5, 5.41) is 5.28. The number of nitrogens with one attached hydrogen (secondary N) is 1. The maximum absolute atomic E-state index is 13.9. The van der Waals surface area contributed by atoms with Crippen molar-refractivity contribution in [3.05, 3.63) is 70.1 Å². The molecule has 0 bridgehead atoms. The number of pyridine rings is 1. The number of rotatable bonds is 5. The summed E-state index contributed by atoms with van der Waals surface area (Å²) in [6.07, 6.45) is 5.78. The minimum absolute atomic E-state index is 0.0610. The maximum atomic E-state index is 13.9. The van der Waals surface area contributed by atoms with Gasteiger partial charge in [-0.1, -0.05) is 36.2 Å². The van der Waals surface area contributed by atoms with Crippen LogP contribution < -0.4 is 10.2 Å². The molecule has 1 amide bonds. The molecule has 33 heavy (non-hydrogen) atoms. The molecular weight excluding hydrogens is 460 g/mol. The van der Waals surface area contributed by atoms with Crippen molar-refractivity contribution in [3.8, 4) is 0 Å². The first-order valence-corrected chi connectivity index (χ1v) is 12.1. The second kappa shape index (κ2) is 8.44. The molecule has 3 aromatic rings. The molecular formula is C26H26Cl2FN3O. The molecule has 7 heteroatoms. The smallest absolute Gasteiger partial charge is 0.221 e. The fourth-order valence-electron chi connectivity index (χ4n) is 5.01. The van der Waals surface area contributed by atoms with Gasteiger partial charge in [-0.05, 0) is 73.1 Å². The molecule has 0 atom stereocenters. The fraction of sp³-hybridized carbons (Fsp3) is 0.385. The molecule has 1 aliphatic carbocycles. The number of amides is 1. The Labute approximate surface area is 203 Å². The summed E-state index contributed by atoms with van der Waals surface area (Å²) in [5.74, 6) is -0.198. The molecule has 1 aromatic heterocycles. The summed E-state index contributed by atoms with van der Waals surface area (Å²) in [5.41, 5.74) is 2.28. The number of aromatic nitrogens is 1. The largest absolute Gasteiger partial charge is 0.371 e. The molecule has 172 valence electrons. The van der Waals surface area contributed by atoms with Gasteiger partial charge in [-0.15, -0.1) is 0 Å². The molecule has 1 saturated heterocycles. The van der Waals surface area contributed by atoms with Crippen LogP contribution in [0.3, 0.4) is 0 Å². The van der Waals surface area contributed by atoms with E-state index in [1.807, 2.05) is 18.2 Å². The standard InChI is InChI=1S/C26H26Cl2FN3O/c1-25(16-24(33)31-26(7-8-26)20-4-2-17(27)14-21(20)28)9-12-32(13-10-25)23-6-11-30-22-5-3-18(29)15-19(22)23/h2-6,11,14-15H,7-10,12-13,16H2,1H3,(H,31,33). The Bertz CT molecular complexity index is 1220. The van der Waals surface area contributed by atoms with Gasteiger partial charge in [0.25, 0.3) is 0 Å². The predicted molar refractivity (Wildman–Crippen MR) is 131 cm³/mol. The van der Waals surface area contributed by atoms with Crippen molar-refractivity contribution >= 4 is 45.7 Å². The molecule has 1 saturated carbocycles. The number of benzene rings is 2. The lowest BCUT2D eigenvalue weighted by molar-refractivity contribution is -0.124. The molecule has 2 fully saturated rings. The summed E-state index contributed by atoms with van der Waals surface area (Å²) in [7, 11) is 0. The van der Waals surface area contributed by atoms with E-state index in [4.69, 9.17) is 23.2 Å². The van der Waals surface area contributed by atoms with E-state index >= 15 is 0 Å². The van der Waals surface area contributed by atoms with Gasteiger partial charge in [-0.2, -0.15) is 0 Å². The first-order chi connectivity index (χ1) is 15.8. The van der Waals surface area contributed by atoms with Crippen LogP contribution in [0.1, 0.15) is 44.6 Å². The Morgan fingerprint density at radius 2 is 1.85 bits per heavy atom. The van der Waals surface area contributed by atoms with Gasteiger partial charge in [0, 0.05) is 46.8 Å². The highest BCUT2D eigenvalue weighted by Crippen LogP contribution is 2.49. The highest BCUT2D eigenvalue weighted by Gasteiger charge is 2.47. The van der Waals surface area contributed by atoms with Crippen molar-refractivity contribution in [3.63, 3.8) is 0 Å². The number of carbonyl (C=O) groups is 1.